The van der Waals surface area contributed by atoms with E-state index in [4.69, 9.17) is 21.4 Å². The summed E-state index contributed by atoms with van der Waals surface area (Å²) in [6, 6.07) is 9.08. The third kappa shape index (κ3) is 6.93. The van der Waals surface area contributed by atoms with E-state index >= 15 is 8.78 Å². The minimum absolute atomic E-state index is 0.00804. The van der Waals surface area contributed by atoms with E-state index in [1.807, 2.05) is 13.1 Å². The summed E-state index contributed by atoms with van der Waals surface area (Å²) in [7, 11) is 3.50. The lowest BCUT2D eigenvalue weighted by molar-refractivity contribution is -0.224. The molecule has 12 rings (SSSR count). The SMILES string of the molecule is CNc1cc(N2CCc3c(N4C[C@H]5C[C@@H](C4)C5CN4CC5(CCN(C(=O)c6cc(N7CCC(=O)NC7=O)c(Cl)c(C)n6)CC5(F)F)C4)cccc32)nn2c(C(=O)N[C@@H]3CC[C@H]3OC)cnc12. The Morgan fingerprint density at radius 3 is 2.48 bits per heavy atom. The first-order valence-corrected chi connectivity index (χ1v) is 23.3. The quantitative estimate of drug-likeness (QED) is 0.200. The number of hydrogen-bond acceptors (Lipinski definition) is 12. The topological polar surface area (TPSA) is 173 Å². The van der Waals surface area contributed by atoms with Crippen LogP contribution in [0.4, 0.5) is 42.1 Å². The maximum absolute atomic E-state index is 16.2. The number of aromatic nitrogens is 4. The number of carbonyl (C=O) groups excluding carboxylic acids is 4. The second kappa shape index (κ2) is 16.0. The van der Waals surface area contributed by atoms with Gasteiger partial charge in [-0.1, -0.05) is 17.7 Å². The molecule has 20 heteroatoms. The van der Waals surface area contributed by atoms with Crippen molar-refractivity contribution in [2.75, 3.05) is 93.1 Å². The van der Waals surface area contributed by atoms with Crippen LogP contribution in [0.15, 0.2) is 36.5 Å². The number of urea groups is 1. The normalized spacial score (nSPS) is 26.4. The van der Waals surface area contributed by atoms with Crippen molar-refractivity contribution in [2.45, 2.75) is 63.5 Å². The number of carbonyl (C=O) groups is 4. The number of imidazole rings is 1. The van der Waals surface area contributed by atoms with Gasteiger partial charge in [0.15, 0.2) is 17.2 Å². The highest BCUT2D eigenvalue weighted by Crippen LogP contribution is 2.54. The first-order chi connectivity index (χ1) is 31.7. The molecule has 1 unspecified atom stereocenters. The third-order valence-electron chi connectivity index (χ3n) is 15.6. The van der Waals surface area contributed by atoms with Gasteiger partial charge in [0, 0.05) is 95.9 Å². The molecule has 17 nitrogen and oxygen atoms in total. The lowest BCUT2D eigenvalue weighted by Gasteiger charge is -2.61. The molecule has 348 valence electrons. The number of methoxy groups -OCH3 is 1. The first-order valence-electron chi connectivity index (χ1n) is 23.0. The standard InChI is InChI=1S/C46H53ClF2N12O5/c1-25-40(47)35(60-13-10-39(62)54-44(60)65)16-32(52-25)43(64)57-14-11-45(46(48,49)24-57)22-56(23-45)21-29-26-15-27(29)20-58(19-26)33-5-4-6-34-28(33)9-12-59(34)38-17-31(50-2)41-51-18-36(61(41)55-38)42(63)53-30-7-8-37(30)66-3/h4-6,16-18,26-27,29-30,37,50H,7-15,19-24H2,1-3H3,(H,53,63)(H,54,62,65)/t26-,27+,29?,30-,37-/m1/s1. The van der Waals surface area contributed by atoms with Gasteiger partial charge in [0.25, 0.3) is 17.7 Å². The number of amides is 5. The van der Waals surface area contributed by atoms with E-state index in [1.165, 1.54) is 22.2 Å². The van der Waals surface area contributed by atoms with Crippen molar-refractivity contribution in [3.8, 4) is 0 Å². The summed E-state index contributed by atoms with van der Waals surface area (Å²) in [5.74, 6) is -2.29. The molecule has 0 radical (unpaired) electrons. The molecule has 3 N–H and O–H groups in total. The van der Waals surface area contributed by atoms with E-state index in [9.17, 15) is 19.2 Å². The highest BCUT2D eigenvalue weighted by molar-refractivity contribution is 6.34. The maximum atomic E-state index is 16.2. The summed E-state index contributed by atoms with van der Waals surface area (Å²) in [6.45, 7) is 5.06. The Labute approximate surface area is 385 Å². The number of fused-ring (bicyclic) bond motifs is 4. The Morgan fingerprint density at radius 1 is 1.00 bits per heavy atom. The average Bonchev–Trinajstić information content (AvgIpc) is 3.92. The molecule has 66 heavy (non-hydrogen) atoms. The molecule has 6 aliphatic heterocycles. The zero-order valence-corrected chi connectivity index (χ0v) is 37.9. The second-order valence-electron chi connectivity index (χ2n) is 19.3. The molecule has 2 saturated carbocycles. The Morgan fingerprint density at radius 2 is 1.77 bits per heavy atom. The molecule has 2 bridgehead atoms. The van der Waals surface area contributed by atoms with Crippen molar-refractivity contribution < 1.29 is 32.7 Å². The van der Waals surface area contributed by atoms with Crippen LogP contribution < -0.4 is 30.7 Å². The van der Waals surface area contributed by atoms with Gasteiger partial charge in [-0.3, -0.25) is 24.6 Å². The van der Waals surface area contributed by atoms with Gasteiger partial charge in [-0.2, -0.15) is 0 Å². The van der Waals surface area contributed by atoms with Crippen molar-refractivity contribution in [3.63, 3.8) is 0 Å². The summed E-state index contributed by atoms with van der Waals surface area (Å²) in [4.78, 5) is 69.6. The molecule has 9 heterocycles. The Balaban J connectivity index is 0.722. The smallest absolute Gasteiger partial charge is 0.328 e. The second-order valence-corrected chi connectivity index (χ2v) is 19.7. The van der Waals surface area contributed by atoms with Crippen molar-refractivity contribution in [1.82, 2.24) is 40.0 Å². The van der Waals surface area contributed by atoms with Gasteiger partial charge in [0.2, 0.25) is 5.91 Å². The predicted octanol–water partition coefficient (Wildman–Crippen LogP) is 4.73. The Hall–Kier alpha value is -5.66. The van der Waals surface area contributed by atoms with Gasteiger partial charge < -0.3 is 35.0 Å². The van der Waals surface area contributed by atoms with E-state index in [2.05, 4.69) is 58.8 Å². The minimum atomic E-state index is -3.10. The molecule has 7 fully saturated rings. The number of aryl methyl sites for hydroxylation is 1. The Bertz CT molecular complexity index is 2660. The monoisotopic (exact) mass is 926 g/mol. The van der Waals surface area contributed by atoms with Crippen LogP contribution in [0.5, 0.6) is 0 Å². The van der Waals surface area contributed by atoms with E-state index in [0.29, 0.717) is 42.2 Å². The molecule has 5 saturated heterocycles. The number of alkyl halides is 2. The molecular weight excluding hydrogens is 874 g/mol. The zero-order valence-electron chi connectivity index (χ0n) is 37.2. The number of anilines is 5. The van der Waals surface area contributed by atoms with Gasteiger partial charge in [0.1, 0.15) is 5.69 Å². The highest BCUT2D eigenvalue weighted by Gasteiger charge is 2.63. The maximum Gasteiger partial charge on any atom is 0.328 e. The molecule has 5 atom stereocenters. The van der Waals surface area contributed by atoms with Crippen molar-refractivity contribution in [1.29, 1.82) is 0 Å². The lowest BCUT2D eigenvalue weighted by atomic mass is 9.60. The zero-order chi connectivity index (χ0) is 45.8. The lowest BCUT2D eigenvalue weighted by Crippen LogP contribution is -2.72. The number of nitrogens with one attached hydrogen (secondary N) is 3. The van der Waals surface area contributed by atoms with Crippen molar-refractivity contribution >= 4 is 69.6 Å². The average molecular weight is 927 g/mol. The molecule has 2 aliphatic carbocycles. The summed E-state index contributed by atoms with van der Waals surface area (Å²) in [6.07, 6.45) is 5.58. The largest absolute Gasteiger partial charge is 0.385 e. The molecule has 4 aromatic rings. The van der Waals surface area contributed by atoms with Gasteiger partial charge in [0.05, 0.1) is 52.4 Å². The number of imide groups is 1. The number of halogens is 3. The number of pyridine rings is 1. The van der Waals surface area contributed by atoms with Crippen LogP contribution in [-0.4, -0.2) is 144 Å². The molecule has 1 spiro atoms. The van der Waals surface area contributed by atoms with E-state index in [1.54, 1.807) is 24.7 Å². The van der Waals surface area contributed by atoms with Crippen LogP contribution in [0.25, 0.3) is 5.65 Å². The van der Waals surface area contributed by atoms with Crippen molar-refractivity contribution in [2.24, 2.45) is 23.2 Å². The summed E-state index contributed by atoms with van der Waals surface area (Å²) >= 11 is 6.48. The van der Waals surface area contributed by atoms with Crippen LogP contribution in [0, 0.1) is 30.1 Å². The predicted molar refractivity (Wildman–Crippen MR) is 242 cm³/mol. The van der Waals surface area contributed by atoms with E-state index in [-0.39, 0.29) is 66.1 Å². The van der Waals surface area contributed by atoms with Crippen LogP contribution in [0.3, 0.4) is 0 Å². The fourth-order valence-electron chi connectivity index (χ4n) is 11.7. The number of nitrogens with zero attached hydrogens (tertiary/aromatic N) is 9. The number of likely N-dealkylation sites (tertiary alicyclic amines) is 2. The number of hydrogen-bond donors (Lipinski definition) is 3. The summed E-state index contributed by atoms with van der Waals surface area (Å²) in [5, 5.41) is 13.7. The number of rotatable bonds is 10. The summed E-state index contributed by atoms with van der Waals surface area (Å²) < 4.78 is 39.5. The van der Waals surface area contributed by atoms with Gasteiger partial charge in [-0.05, 0) is 75.0 Å². The van der Waals surface area contributed by atoms with Crippen molar-refractivity contribution in [3.05, 3.63) is 64.2 Å². The highest BCUT2D eigenvalue weighted by atomic mass is 35.5. The number of ether oxygens (including phenoxy) is 1. The fraction of sp³-hybridized carbons (Fsp3) is 0.543. The van der Waals surface area contributed by atoms with Gasteiger partial charge >= 0.3 is 6.03 Å². The van der Waals surface area contributed by atoms with Crippen LogP contribution >= 0.6 is 11.6 Å². The van der Waals surface area contributed by atoms with E-state index in [0.717, 1.165) is 74.0 Å². The molecule has 3 aromatic heterocycles. The fourth-order valence-corrected chi connectivity index (χ4v) is 11.9. The van der Waals surface area contributed by atoms with Crippen LogP contribution in [0.2, 0.25) is 5.02 Å². The van der Waals surface area contributed by atoms with E-state index < -0.39 is 35.7 Å². The molecular formula is C46H53ClF2N12O5. The number of piperidine rings is 3. The molecule has 1 aromatic carbocycles. The van der Waals surface area contributed by atoms with Crippen LogP contribution in [-0.2, 0) is 16.0 Å². The minimum Gasteiger partial charge on any atom is -0.385 e. The molecule has 5 amide bonds. The third-order valence-corrected chi connectivity index (χ3v) is 16.1. The van der Waals surface area contributed by atoms with Crippen LogP contribution in [0.1, 0.15) is 64.3 Å². The number of benzene rings is 1. The summed E-state index contributed by atoms with van der Waals surface area (Å²) in [5.41, 5.74) is 4.53. The first kappa shape index (κ1) is 42.9. The molecule has 8 aliphatic rings. The Kier molecular flexibility index (Phi) is 10.4. The van der Waals surface area contributed by atoms with Gasteiger partial charge in [-0.25, -0.2) is 28.1 Å². The van der Waals surface area contributed by atoms with Gasteiger partial charge in [-0.15, -0.1) is 5.10 Å².